The van der Waals surface area contributed by atoms with Crippen molar-refractivity contribution in [3.8, 4) is 17.2 Å². The molecular weight excluding hydrogens is 364 g/mol. The quantitative estimate of drug-likeness (QED) is 0.569. The Morgan fingerprint density at radius 3 is 2.31 bits per heavy atom. The number of benzene rings is 3. The van der Waals surface area contributed by atoms with Gasteiger partial charge >= 0.3 is 0 Å². The van der Waals surface area contributed by atoms with Crippen molar-refractivity contribution < 1.29 is 19.0 Å². The first-order valence-electron chi connectivity index (χ1n) is 9.41. The predicted octanol–water partition coefficient (Wildman–Crippen LogP) is 5.15. The Morgan fingerprint density at radius 1 is 0.897 bits per heavy atom. The van der Waals surface area contributed by atoms with E-state index < -0.39 is 0 Å². The van der Waals surface area contributed by atoms with Crippen LogP contribution in [0.5, 0.6) is 17.2 Å². The molecule has 0 unspecified atom stereocenters. The van der Waals surface area contributed by atoms with Gasteiger partial charge in [0.15, 0.2) is 17.8 Å². The summed E-state index contributed by atoms with van der Waals surface area (Å²) in [5, 5.41) is 0. The van der Waals surface area contributed by atoms with E-state index in [0.717, 1.165) is 28.7 Å². The van der Waals surface area contributed by atoms with Crippen LogP contribution in [-0.4, -0.2) is 20.5 Å². The maximum Gasteiger partial charge on any atom is 0.161 e. The minimum Gasteiger partial charge on any atom is -0.493 e. The van der Waals surface area contributed by atoms with Crippen molar-refractivity contribution in [1.82, 2.24) is 0 Å². The van der Waals surface area contributed by atoms with Crippen LogP contribution in [0.4, 0.5) is 0 Å². The zero-order valence-electron chi connectivity index (χ0n) is 16.6. The van der Waals surface area contributed by atoms with Gasteiger partial charge in [0.2, 0.25) is 0 Å². The maximum absolute atomic E-state index is 12.3. The van der Waals surface area contributed by atoms with E-state index in [1.165, 1.54) is 5.56 Å². The normalized spacial score (nSPS) is 15.3. The number of aryl methyl sites for hydroxylation is 1. The van der Waals surface area contributed by atoms with Crippen LogP contribution in [0, 0.1) is 6.92 Å². The van der Waals surface area contributed by atoms with Gasteiger partial charge in [0.05, 0.1) is 14.2 Å². The summed E-state index contributed by atoms with van der Waals surface area (Å²) >= 11 is 0. The largest absolute Gasteiger partial charge is 0.493 e. The third kappa shape index (κ3) is 3.38. The summed E-state index contributed by atoms with van der Waals surface area (Å²) in [6, 6.07) is 21.6. The molecule has 0 amide bonds. The van der Waals surface area contributed by atoms with Crippen molar-refractivity contribution in [2.24, 2.45) is 0 Å². The van der Waals surface area contributed by atoms with E-state index in [4.69, 9.17) is 14.2 Å². The van der Waals surface area contributed by atoms with Gasteiger partial charge in [-0.2, -0.15) is 0 Å². The Balaban J connectivity index is 1.93. The molecule has 0 bridgehead atoms. The minimum atomic E-state index is -0.207. The lowest BCUT2D eigenvalue weighted by Gasteiger charge is -2.29. The molecule has 0 fully saturated rings. The molecule has 29 heavy (non-hydrogen) atoms. The molecule has 0 saturated heterocycles. The molecule has 0 N–H and O–H groups in total. The summed E-state index contributed by atoms with van der Waals surface area (Å²) in [6.07, 6.45) is 0.895. The van der Waals surface area contributed by atoms with E-state index in [2.05, 4.69) is 24.3 Å². The van der Waals surface area contributed by atoms with Crippen molar-refractivity contribution in [2.75, 3.05) is 14.2 Å². The molecule has 0 radical (unpaired) electrons. The van der Waals surface area contributed by atoms with Gasteiger partial charge in [-0.3, -0.25) is 4.79 Å². The fourth-order valence-electron chi connectivity index (χ4n) is 3.72. The summed E-state index contributed by atoms with van der Waals surface area (Å²) in [5.74, 6) is 2.27. The molecule has 4 rings (SSSR count). The SMILES string of the molecule is COc1ccc(C2=C(C=O)[C@H](c3ccc(C)cc3)c3ccccc3O2)cc1OC. The van der Waals surface area contributed by atoms with Crippen LogP contribution in [-0.2, 0) is 4.79 Å². The first kappa shape index (κ1) is 18.8. The molecule has 3 aromatic rings. The van der Waals surface area contributed by atoms with Crippen LogP contribution >= 0.6 is 0 Å². The topological polar surface area (TPSA) is 44.8 Å². The number of ether oxygens (including phenoxy) is 3. The third-order valence-corrected chi connectivity index (χ3v) is 5.20. The molecule has 0 aliphatic carbocycles. The second-order valence-electron chi connectivity index (χ2n) is 6.96. The lowest BCUT2D eigenvalue weighted by Crippen LogP contribution is -2.17. The summed E-state index contributed by atoms with van der Waals surface area (Å²) < 4.78 is 17.0. The number of hydrogen-bond acceptors (Lipinski definition) is 4. The number of allylic oxidation sites excluding steroid dienone is 1. The minimum absolute atomic E-state index is 0.207. The Labute approximate surface area is 170 Å². The molecule has 146 valence electrons. The summed E-state index contributed by atoms with van der Waals surface area (Å²) in [5.41, 5.74) is 4.54. The van der Waals surface area contributed by atoms with Gasteiger partial charge in [-0.15, -0.1) is 0 Å². The van der Waals surface area contributed by atoms with Crippen molar-refractivity contribution in [3.63, 3.8) is 0 Å². The van der Waals surface area contributed by atoms with Crippen LogP contribution in [0.3, 0.4) is 0 Å². The smallest absolute Gasteiger partial charge is 0.161 e. The highest BCUT2D eigenvalue weighted by atomic mass is 16.5. The van der Waals surface area contributed by atoms with E-state index in [1.807, 2.05) is 49.4 Å². The molecule has 1 atom stereocenters. The average Bonchev–Trinajstić information content (AvgIpc) is 2.77. The lowest BCUT2D eigenvalue weighted by molar-refractivity contribution is -0.105. The van der Waals surface area contributed by atoms with E-state index in [9.17, 15) is 4.79 Å². The van der Waals surface area contributed by atoms with E-state index in [0.29, 0.717) is 22.8 Å². The Kier molecular flexibility index (Phi) is 5.09. The predicted molar refractivity (Wildman–Crippen MR) is 113 cm³/mol. The first-order chi connectivity index (χ1) is 14.2. The molecule has 4 heteroatoms. The summed E-state index contributed by atoms with van der Waals surface area (Å²) in [7, 11) is 3.18. The van der Waals surface area contributed by atoms with Crippen LogP contribution in [0.1, 0.15) is 28.2 Å². The zero-order chi connectivity index (χ0) is 20.4. The van der Waals surface area contributed by atoms with Crippen molar-refractivity contribution in [2.45, 2.75) is 12.8 Å². The molecule has 4 nitrogen and oxygen atoms in total. The highest BCUT2D eigenvalue weighted by molar-refractivity contribution is 5.91. The molecule has 0 spiro atoms. The van der Waals surface area contributed by atoms with Gasteiger partial charge in [-0.1, -0.05) is 48.0 Å². The van der Waals surface area contributed by atoms with Gasteiger partial charge in [0.1, 0.15) is 11.5 Å². The van der Waals surface area contributed by atoms with Crippen LogP contribution in [0.25, 0.3) is 5.76 Å². The third-order valence-electron chi connectivity index (χ3n) is 5.20. The Bertz CT molecular complexity index is 1080. The van der Waals surface area contributed by atoms with E-state index in [-0.39, 0.29) is 5.92 Å². The lowest BCUT2D eigenvalue weighted by atomic mass is 9.81. The number of hydrogen-bond donors (Lipinski definition) is 0. The number of fused-ring (bicyclic) bond motifs is 1. The maximum atomic E-state index is 12.3. The molecule has 1 aliphatic heterocycles. The Morgan fingerprint density at radius 2 is 1.62 bits per heavy atom. The van der Waals surface area contributed by atoms with Gasteiger partial charge in [-0.05, 0) is 36.8 Å². The summed E-state index contributed by atoms with van der Waals surface area (Å²) in [4.78, 5) is 12.3. The molecule has 3 aromatic carbocycles. The molecule has 0 aromatic heterocycles. The highest BCUT2D eigenvalue weighted by Gasteiger charge is 2.31. The van der Waals surface area contributed by atoms with Gasteiger partial charge < -0.3 is 14.2 Å². The Hall–Kier alpha value is -3.53. The van der Waals surface area contributed by atoms with Gasteiger partial charge in [0.25, 0.3) is 0 Å². The van der Waals surface area contributed by atoms with Gasteiger partial charge in [0, 0.05) is 22.6 Å². The molecular formula is C25H22O4. The standard InChI is InChI=1S/C25H22O4/c1-16-8-10-17(11-9-16)24-19-6-4-5-7-21(19)29-25(20(24)15-26)18-12-13-22(27-2)23(14-18)28-3/h4-15,24H,1-3H3/t24-/m1/s1. The van der Waals surface area contributed by atoms with Crippen LogP contribution in [0.2, 0.25) is 0 Å². The molecule has 1 aliphatic rings. The number of rotatable bonds is 5. The number of aldehydes is 1. The van der Waals surface area contributed by atoms with Gasteiger partial charge in [-0.25, -0.2) is 0 Å². The van der Waals surface area contributed by atoms with Crippen molar-refractivity contribution in [1.29, 1.82) is 0 Å². The van der Waals surface area contributed by atoms with E-state index >= 15 is 0 Å². The van der Waals surface area contributed by atoms with Crippen molar-refractivity contribution in [3.05, 3.63) is 94.6 Å². The van der Waals surface area contributed by atoms with Crippen LogP contribution in [0.15, 0.2) is 72.3 Å². The number of carbonyl (C=O) groups excluding carboxylic acids is 1. The monoisotopic (exact) mass is 386 g/mol. The zero-order valence-corrected chi connectivity index (χ0v) is 16.6. The van der Waals surface area contributed by atoms with Crippen molar-refractivity contribution >= 4 is 12.0 Å². The molecule has 1 heterocycles. The second-order valence-corrected chi connectivity index (χ2v) is 6.96. The second kappa shape index (κ2) is 7.84. The van der Waals surface area contributed by atoms with Crippen LogP contribution < -0.4 is 14.2 Å². The first-order valence-corrected chi connectivity index (χ1v) is 9.41. The number of carbonyl (C=O) groups is 1. The van der Waals surface area contributed by atoms with E-state index in [1.54, 1.807) is 14.2 Å². The fourth-order valence-corrected chi connectivity index (χ4v) is 3.72. The molecule has 0 saturated carbocycles. The highest BCUT2D eigenvalue weighted by Crippen LogP contribution is 2.45. The average molecular weight is 386 g/mol. The fraction of sp³-hybridized carbons (Fsp3) is 0.160. The number of methoxy groups -OCH3 is 2. The number of para-hydroxylation sites is 1. The summed E-state index contributed by atoms with van der Waals surface area (Å²) in [6.45, 7) is 2.05.